The standard InChI is InChI=1S/C19H38N2/c1-5-17(6-2)21-14-18(16-12-10-9-11-13-16)20-15-19(21,7-3)8-4/h16-18,20H,5-15H2,1-4H3. The molecule has 1 aliphatic heterocycles. The highest BCUT2D eigenvalue weighted by Crippen LogP contribution is 2.35. The highest BCUT2D eigenvalue weighted by atomic mass is 15.3. The van der Waals surface area contributed by atoms with E-state index in [1.54, 1.807) is 0 Å². The van der Waals surface area contributed by atoms with Gasteiger partial charge in [-0.15, -0.1) is 0 Å². The van der Waals surface area contributed by atoms with Gasteiger partial charge < -0.3 is 5.32 Å². The third-order valence-electron chi connectivity index (χ3n) is 6.61. The fourth-order valence-corrected chi connectivity index (χ4v) is 4.92. The van der Waals surface area contributed by atoms with E-state index in [2.05, 4.69) is 37.9 Å². The van der Waals surface area contributed by atoms with E-state index in [9.17, 15) is 0 Å². The first-order chi connectivity index (χ1) is 10.2. The molecule has 21 heavy (non-hydrogen) atoms. The van der Waals surface area contributed by atoms with Crippen molar-refractivity contribution in [3.63, 3.8) is 0 Å². The maximum absolute atomic E-state index is 3.97. The van der Waals surface area contributed by atoms with Crippen molar-refractivity contribution in [1.29, 1.82) is 0 Å². The van der Waals surface area contributed by atoms with Crippen LogP contribution in [0.2, 0.25) is 0 Å². The number of nitrogens with zero attached hydrogens (tertiary/aromatic N) is 1. The molecule has 0 radical (unpaired) electrons. The number of hydrogen-bond donors (Lipinski definition) is 1. The fraction of sp³-hybridized carbons (Fsp3) is 1.00. The van der Waals surface area contributed by atoms with E-state index in [1.807, 2.05) is 0 Å². The lowest BCUT2D eigenvalue weighted by molar-refractivity contribution is -0.0204. The van der Waals surface area contributed by atoms with Gasteiger partial charge in [-0.3, -0.25) is 4.90 Å². The van der Waals surface area contributed by atoms with E-state index in [1.165, 1.54) is 70.9 Å². The van der Waals surface area contributed by atoms with Gasteiger partial charge in [0.1, 0.15) is 0 Å². The minimum Gasteiger partial charge on any atom is -0.311 e. The molecule has 2 fully saturated rings. The van der Waals surface area contributed by atoms with Gasteiger partial charge in [-0.1, -0.05) is 47.0 Å². The second-order valence-corrected chi connectivity index (χ2v) is 7.44. The summed E-state index contributed by atoms with van der Waals surface area (Å²) in [6.07, 6.45) is 12.5. The minimum absolute atomic E-state index is 0.405. The Morgan fingerprint density at radius 2 is 1.62 bits per heavy atom. The summed E-state index contributed by atoms with van der Waals surface area (Å²) in [6.45, 7) is 12.0. The van der Waals surface area contributed by atoms with Gasteiger partial charge >= 0.3 is 0 Å². The Morgan fingerprint density at radius 1 is 1.00 bits per heavy atom. The van der Waals surface area contributed by atoms with Gasteiger partial charge in [-0.25, -0.2) is 0 Å². The Bertz CT molecular complexity index is 288. The van der Waals surface area contributed by atoms with Crippen LogP contribution >= 0.6 is 0 Å². The monoisotopic (exact) mass is 294 g/mol. The summed E-state index contributed by atoms with van der Waals surface area (Å²) in [5.41, 5.74) is 0.405. The van der Waals surface area contributed by atoms with Crippen LogP contribution in [0.5, 0.6) is 0 Å². The summed E-state index contributed by atoms with van der Waals surface area (Å²) in [7, 11) is 0. The largest absolute Gasteiger partial charge is 0.311 e. The smallest absolute Gasteiger partial charge is 0.0332 e. The summed E-state index contributed by atoms with van der Waals surface area (Å²) in [4.78, 5) is 2.92. The van der Waals surface area contributed by atoms with Crippen molar-refractivity contribution in [3.8, 4) is 0 Å². The van der Waals surface area contributed by atoms with Crippen LogP contribution in [-0.4, -0.2) is 35.6 Å². The molecule has 1 atom stereocenters. The molecule has 1 N–H and O–H groups in total. The number of hydrogen-bond acceptors (Lipinski definition) is 2. The lowest BCUT2D eigenvalue weighted by Gasteiger charge is -2.54. The van der Waals surface area contributed by atoms with Crippen LogP contribution in [0.4, 0.5) is 0 Å². The van der Waals surface area contributed by atoms with Crippen LogP contribution in [-0.2, 0) is 0 Å². The molecule has 0 bridgehead atoms. The first-order valence-corrected chi connectivity index (χ1v) is 9.70. The van der Waals surface area contributed by atoms with Gasteiger partial charge in [0.25, 0.3) is 0 Å². The van der Waals surface area contributed by atoms with Gasteiger partial charge in [-0.2, -0.15) is 0 Å². The first-order valence-electron chi connectivity index (χ1n) is 9.70. The lowest BCUT2D eigenvalue weighted by atomic mass is 9.78. The number of nitrogens with one attached hydrogen (secondary N) is 1. The van der Waals surface area contributed by atoms with E-state index in [-0.39, 0.29) is 0 Å². The quantitative estimate of drug-likeness (QED) is 0.771. The van der Waals surface area contributed by atoms with Crippen LogP contribution < -0.4 is 5.32 Å². The van der Waals surface area contributed by atoms with Gasteiger partial charge in [0.05, 0.1) is 0 Å². The Balaban J connectivity index is 2.11. The molecule has 1 heterocycles. The van der Waals surface area contributed by atoms with Crippen LogP contribution in [0, 0.1) is 5.92 Å². The van der Waals surface area contributed by atoms with Crippen molar-refractivity contribution in [1.82, 2.24) is 10.2 Å². The van der Waals surface area contributed by atoms with Crippen molar-refractivity contribution in [3.05, 3.63) is 0 Å². The van der Waals surface area contributed by atoms with Crippen molar-refractivity contribution >= 4 is 0 Å². The molecule has 2 heteroatoms. The molecular formula is C19H38N2. The van der Waals surface area contributed by atoms with Gasteiger partial charge in [0.15, 0.2) is 0 Å². The lowest BCUT2D eigenvalue weighted by Crippen LogP contribution is -2.67. The van der Waals surface area contributed by atoms with Crippen LogP contribution in [0.3, 0.4) is 0 Å². The molecular weight excluding hydrogens is 256 g/mol. The molecule has 0 aromatic rings. The Kier molecular flexibility index (Phi) is 6.55. The van der Waals surface area contributed by atoms with Crippen LogP contribution in [0.1, 0.15) is 85.5 Å². The summed E-state index contributed by atoms with van der Waals surface area (Å²) in [5.74, 6) is 0.933. The Labute approximate surface area is 133 Å². The molecule has 2 nitrogen and oxygen atoms in total. The van der Waals surface area contributed by atoms with E-state index < -0.39 is 0 Å². The topological polar surface area (TPSA) is 15.3 Å². The predicted octanol–water partition coefficient (Wildman–Crippen LogP) is 4.59. The van der Waals surface area contributed by atoms with Crippen LogP contribution in [0.25, 0.3) is 0 Å². The average Bonchev–Trinajstić information content (AvgIpc) is 2.57. The first kappa shape index (κ1) is 17.3. The normalized spacial score (nSPS) is 28.1. The third-order valence-corrected chi connectivity index (χ3v) is 6.61. The van der Waals surface area contributed by atoms with E-state index >= 15 is 0 Å². The molecule has 1 saturated heterocycles. The maximum atomic E-state index is 3.97. The molecule has 1 saturated carbocycles. The zero-order valence-corrected chi connectivity index (χ0v) is 15.0. The second-order valence-electron chi connectivity index (χ2n) is 7.44. The summed E-state index contributed by atoms with van der Waals surface area (Å²) < 4.78 is 0. The fourth-order valence-electron chi connectivity index (χ4n) is 4.92. The summed E-state index contributed by atoms with van der Waals surface area (Å²) >= 11 is 0. The zero-order chi connectivity index (χ0) is 15.3. The van der Waals surface area contributed by atoms with Crippen molar-refractivity contribution in [2.45, 2.75) is 103 Å². The van der Waals surface area contributed by atoms with Gasteiger partial charge in [0, 0.05) is 30.7 Å². The maximum Gasteiger partial charge on any atom is 0.0332 e. The van der Waals surface area contributed by atoms with E-state index in [4.69, 9.17) is 0 Å². The SMILES string of the molecule is CCC(CC)N1CC(C2CCCCC2)NCC1(CC)CC. The van der Waals surface area contributed by atoms with Crippen molar-refractivity contribution < 1.29 is 0 Å². The highest BCUT2D eigenvalue weighted by molar-refractivity contribution is 5.01. The molecule has 1 unspecified atom stereocenters. The van der Waals surface area contributed by atoms with Gasteiger partial charge in [-0.05, 0) is 44.4 Å². The highest BCUT2D eigenvalue weighted by Gasteiger charge is 2.43. The number of rotatable bonds is 6. The molecule has 1 aliphatic carbocycles. The number of piperazine rings is 1. The molecule has 0 amide bonds. The third kappa shape index (κ3) is 3.64. The van der Waals surface area contributed by atoms with Crippen molar-refractivity contribution in [2.75, 3.05) is 13.1 Å². The van der Waals surface area contributed by atoms with E-state index in [0.717, 1.165) is 18.0 Å². The molecule has 0 spiro atoms. The Hall–Kier alpha value is -0.0800. The minimum atomic E-state index is 0.405. The molecule has 0 aromatic heterocycles. The molecule has 2 rings (SSSR count). The molecule has 2 aliphatic rings. The summed E-state index contributed by atoms with van der Waals surface area (Å²) in [6, 6.07) is 1.52. The average molecular weight is 295 g/mol. The predicted molar refractivity (Wildman–Crippen MR) is 92.8 cm³/mol. The Morgan fingerprint density at radius 3 is 2.14 bits per heavy atom. The summed E-state index contributed by atoms with van der Waals surface area (Å²) in [5, 5.41) is 3.97. The van der Waals surface area contributed by atoms with Gasteiger partial charge in [0.2, 0.25) is 0 Å². The van der Waals surface area contributed by atoms with Crippen molar-refractivity contribution in [2.24, 2.45) is 5.92 Å². The molecule has 124 valence electrons. The van der Waals surface area contributed by atoms with Crippen LogP contribution in [0.15, 0.2) is 0 Å². The van der Waals surface area contributed by atoms with E-state index in [0.29, 0.717) is 5.54 Å². The zero-order valence-electron chi connectivity index (χ0n) is 15.0. The second kappa shape index (κ2) is 7.97. The molecule has 0 aromatic carbocycles.